The molecule has 0 radical (unpaired) electrons. The van der Waals surface area contributed by atoms with E-state index in [1.54, 1.807) is 0 Å². The zero-order valence-corrected chi connectivity index (χ0v) is 13.4. The molecule has 1 aromatic heterocycles. The van der Waals surface area contributed by atoms with Gasteiger partial charge in [-0.1, -0.05) is 26.8 Å². The Bertz CT molecular complexity index is 448. The van der Waals surface area contributed by atoms with E-state index in [1.807, 2.05) is 0 Å². The molecule has 1 aliphatic rings. The van der Waals surface area contributed by atoms with Crippen molar-refractivity contribution in [3.63, 3.8) is 0 Å². The molecule has 1 aromatic rings. The topological polar surface area (TPSA) is 42.2 Å². The van der Waals surface area contributed by atoms with Crippen LogP contribution in [-0.2, 0) is 6.54 Å². The van der Waals surface area contributed by atoms with Gasteiger partial charge < -0.3 is 10.6 Å². The SMILES string of the molecule is Cc1nc(N2CCCC(C(C)(C)C)CC2)ccc1CN. The fourth-order valence-electron chi connectivity index (χ4n) is 3.16. The van der Waals surface area contributed by atoms with Crippen molar-refractivity contribution in [2.75, 3.05) is 18.0 Å². The maximum Gasteiger partial charge on any atom is 0.128 e. The van der Waals surface area contributed by atoms with Crippen LogP contribution in [0.25, 0.3) is 0 Å². The summed E-state index contributed by atoms with van der Waals surface area (Å²) in [6, 6.07) is 4.26. The third-order valence-electron chi connectivity index (χ3n) is 4.68. The largest absolute Gasteiger partial charge is 0.357 e. The van der Waals surface area contributed by atoms with Gasteiger partial charge in [0.2, 0.25) is 0 Å². The van der Waals surface area contributed by atoms with Crippen LogP contribution in [0.1, 0.15) is 51.3 Å². The Hall–Kier alpha value is -1.09. The molecule has 1 saturated heterocycles. The van der Waals surface area contributed by atoms with E-state index in [-0.39, 0.29) is 0 Å². The van der Waals surface area contributed by atoms with Gasteiger partial charge in [0.15, 0.2) is 0 Å². The van der Waals surface area contributed by atoms with Crippen LogP contribution in [0, 0.1) is 18.3 Å². The molecule has 2 N–H and O–H groups in total. The number of anilines is 1. The minimum Gasteiger partial charge on any atom is -0.357 e. The molecule has 1 aliphatic heterocycles. The highest BCUT2D eigenvalue weighted by Gasteiger charge is 2.27. The minimum atomic E-state index is 0.419. The van der Waals surface area contributed by atoms with Crippen molar-refractivity contribution < 1.29 is 0 Å². The maximum atomic E-state index is 5.72. The maximum absolute atomic E-state index is 5.72. The van der Waals surface area contributed by atoms with E-state index in [1.165, 1.54) is 19.3 Å². The van der Waals surface area contributed by atoms with Gasteiger partial charge in [-0.3, -0.25) is 0 Å². The average molecular weight is 275 g/mol. The van der Waals surface area contributed by atoms with Crippen LogP contribution in [-0.4, -0.2) is 18.1 Å². The second kappa shape index (κ2) is 6.13. The predicted molar refractivity (Wildman–Crippen MR) is 85.9 cm³/mol. The van der Waals surface area contributed by atoms with Crippen molar-refractivity contribution in [2.24, 2.45) is 17.1 Å². The molecule has 2 heterocycles. The lowest BCUT2D eigenvalue weighted by molar-refractivity contribution is 0.220. The van der Waals surface area contributed by atoms with Crippen molar-refractivity contribution in [1.82, 2.24) is 4.98 Å². The van der Waals surface area contributed by atoms with Gasteiger partial charge in [-0.25, -0.2) is 4.98 Å². The molecule has 0 spiro atoms. The number of aryl methyl sites for hydroxylation is 1. The summed E-state index contributed by atoms with van der Waals surface area (Å²) in [4.78, 5) is 7.19. The Kier molecular flexibility index (Phi) is 4.69. The van der Waals surface area contributed by atoms with E-state index in [9.17, 15) is 0 Å². The molecule has 1 unspecified atom stereocenters. The van der Waals surface area contributed by atoms with E-state index in [0.29, 0.717) is 12.0 Å². The molecule has 1 atom stereocenters. The lowest BCUT2D eigenvalue weighted by atomic mass is 9.77. The summed E-state index contributed by atoms with van der Waals surface area (Å²) in [6.45, 7) is 12.0. The molecule has 0 saturated carbocycles. The fraction of sp³-hybridized carbons (Fsp3) is 0.706. The zero-order chi connectivity index (χ0) is 14.8. The van der Waals surface area contributed by atoms with E-state index in [2.05, 4.69) is 44.7 Å². The van der Waals surface area contributed by atoms with E-state index in [0.717, 1.165) is 36.1 Å². The molecule has 3 heteroatoms. The molecule has 1 fully saturated rings. The van der Waals surface area contributed by atoms with Crippen LogP contribution in [0.4, 0.5) is 5.82 Å². The van der Waals surface area contributed by atoms with Crippen LogP contribution >= 0.6 is 0 Å². The van der Waals surface area contributed by atoms with Gasteiger partial charge in [-0.15, -0.1) is 0 Å². The summed E-state index contributed by atoms with van der Waals surface area (Å²) >= 11 is 0. The first kappa shape index (κ1) is 15.3. The number of hydrogen-bond acceptors (Lipinski definition) is 3. The number of pyridine rings is 1. The van der Waals surface area contributed by atoms with Crippen LogP contribution in [0.3, 0.4) is 0 Å². The van der Waals surface area contributed by atoms with Gasteiger partial charge in [0.05, 0.1) is 0 Å². The Morgan fingerprint density at radius 2 is 2.00 bits per heavy atom. The molecule has 112 valence electrons. The number of nitrogens with zero attached hydrogens (tertiary/aromatic N) is 2. The van der Waals surface area contributed by atoms with E-state index < -0.39 is 0 Å². The number of aromatic nitrogens is 1. The fourth-order valence-corrected chi connectivity index (χ4v) is 3.16. The van der Waals surface area contributed by atoms with Gasteiger partial charge in [0.1, 0.15) is 5.82 Å². The average Bonchev–Trinajstić information content (AvgIpc) is 2.63. The third-order valence-corrected chi connectivity index (χ3v) is 4.68. The standard InChI is InChI=1S/C17H29N3/c1-13-14(12-18)7-8-16(19-13)20-10-5-6-15(9-11-20)17(2,3)4/h7-8,15H,5-6,9-12,18H2,1-4H3. The van der Waals surface area contributed by atoms with Crippen LogP contribution in [0.2, 0.25) is 0 Å². The second-order valence-corrected chi connectivity index (χ2v) is 7.10. The molecule has 3 nitrogen and oxygen atoms in total. The van der Waals surface area contributed by atoms with Gasteiger partial charge in [-0.05, 0) is 49.1 Å². The summed E-state index contributed by atoms with van der Waals surface area (Å²) < 4.78 is 0. The molecule has 20 heavy (non-hydrogen) atoms. The van der Waals surface area contributed by atoms with Gasteiger partial charge in [0, 0.05) is 25.3 Å². The molecule has 0 aromatic carbocycles. The Morgan fingerprint density at radius 1 is 1.25 bits per heavy atom. The van der Waals surface area contributed by atoms with Crippen LogP contribution in [0.5, 0.6) is 0 Å². The summed E-state index contributed by atoms with van der Waals surface area (Å²) in [5.41, 5.74) is 8.36. The Morgan fingerprint density at radius 3 is 2.60 bits per heavy atom. The van der Waals surface area contributed by atoms with Crippen molar-refractivity contribution >= 4 is 5.82 Å². The molecular weight excluding hydrogens is 246 g/mol. The van der Waals surface area contributed by atoms with Gasteiger partial charge >= 0.3 is 0 Å². The van der Waals surface area contributed by atoms with Crippen molar-refractivity contribution in [3.05, 3.63) is 23.4 Å². The van der Waals surface area contributed by atoms with Crippen LogP contribution in [0.15, 0.2) is 12.1 Å². The Labute approximate surface area is 123 Å². The first-order valence-corrected chi connectivity index (χ1v) is 7.83. The minimum absolute atomic E-state index is 0.419. The van der Waals surface area contributed by atoms with Crippen LogP contribution < -0.4 is 10.6 Å². The van der Waals surface area contributed by atoms with Crippen molar-refractivity contribution in [2.45, 2.75) is 53.5 Å². The first-order valence-electron chi connectivity index (χ1n) is 7.83. The lowest BCUT2D eigenvalue weighted by Crippen LogP contribution is -2.27. The number of nitrogens with two attached hydrogens (primary N) is 1. The molecule has 2 rings (SSSR count). The highest BCUT2D eigenvalue weighted by atomic mass is 15.2. The summed E-state index contributed by atoms with van der Waals surface area (Å²) in [5, 5.41) is 0. The normalized spacial score (nSPS) is 20.9. The monoisotopic (exact) mass is 275 g/mol. The molecule has 0 amide bonds. The van der Waals surface area contributed by atoms with Crippen molar-refractivity contribution in [1.29, 1.82) is 0 Å². The smallest absolute Gasteiger partial charge is 0.128 e. The second-order valence-electron chi connectivity index (χ2n) is 7.10. The Balaban J connectivity index is 2.09. The number of hydrogen-bond donors (Lipinski definition) is 1. The molecular formula is C17H29N3. The molecule has 0 bridgehead atoms. The first-order chi connectivity index (χ1) is 9.41. The van der Waals surface area contributed by atoms with E-state index in [4.69, 9.17) is 10.7 Å². The van der Waals surface area contributed by atoms with E-state index >= 15 is 0 Å². The quantitative estimate of drug-likeness (QED) is 0.898. The molecule has 0 aliphatic carbocycles. The summed E-state index contributed by atoms with van der Waals surface area (Å²) in [5.74, 6) is 1.94. The van der Waals surface area contributed by atoms with Crippen molar-refractivity contribution in [3.8, 4) is 0 Å². The zero-order valence-electron chi connectivity index (χ0n) is 13.4. The third kappa shape index (κ3) is 3.51. The summed E-state index contributed by atoms with van der Waals surface area (Å²) in [7, 11) is 0. The lowest BCUT2D eigenvalue weighted by Gasteiger charge is -2.30. The predicted octanol–water partition coefficient (Wildman–Crippen LogP) is 3.50. The highest BCUT2D eigenvalue weighted by molar-refractivity contribution is 5.41. The van der Waals surface area contributed by atoms with Gasteiger partial charge in [0.25, 0.3) is 0 Å². The van der Waals surface area contributed by atoms with Gasteiger partial charge in [-0.2, -0.15) is 0 Å². The highest BCUT2D eigenvalue weighted by Crippen LogP contribution is 2.35. The summed E-state index contributed by atoms with van der Waals surface area (Å²) in [6.07, 6.45) is 3.87. The number of rotatable bonds is 2.